The van der Waals surface area contributed by atoms with Crippen LogP contribution in [0, 0.1) is 6.92 Å². The van der Waals surface area contributed by atoms with Gasteiger partial charge in [0.15, 0.2) is 5.76 Å². The van der Waals surface area contributed by atoms with Gasteiger partial charge in [-0.25, -0.2) is 0 Å². The lowest BCUT2D eigenvalue weighted by Crippen LogP contribution is -2.57. The second-order valence-electron chi connectivity index (χ2n) is 5.05. The molecule has 16 heavy (non-hydrogen) atoms. The Hall–Kier alpha value is -1.29. The van der Waals surface area contributed by atoms with Crippen molar-refractivity contribution in [2.75, 3.05) is 0 Å². The molecule has 1 aromatic heterocycles. The van der Waals surface area contributed by atoms with Crippen molar-refractivity contribution in [3.8, 4) is 0 Å². The number of aliphatic hydroxyl groups is 1. The number of furan rings is 1. The monoisotopic (exact) mass is 225 g/mol. The van der Waals surface area contributed by atoms with Gasteiger partial charge < -0.3 is 14.8 Å². The number of hydrogen-bond acceptors (Lipinski definition) is 3. The highest BCUT2D eigenvalue weighted by Gasteiger charge is 2.36. The topological polar surface area (TPSA) is 62.5 Å². The molecule has 0 spiro atoms. The third kappa shape index (κ3) is 2.64. The molecule has 0 aliphatic carbocycles. The molecule has 0 aliphatic rings. The molecule has 0 bridgehead atoms. The minimum atomic E-state index is -1.01. The third-order valence-corrected chi connectivity index (χ3v) is 2.92. The van der Waals surface area contributed by atoms with Crippen molar-refractivity contribution in [2.45, 2.75) is 45.8 Å². The molecule has 4 heteroatoms. The van der Waals surface area contributed by atoms with Crippen LogP contribution in [-0.2, 0) is 0 Å². The van der Waals surface area contributed by atoms with E-state index < -0.39 is 11.1 Å². The number of nitrogens with one attached hydrogen (secondary N) is 1. The third-order valence-electron chi connectivity index (χ3n) is 2.92. The molecular formula is C12H19NO3. The van der Waals surface area contributed by atoms with Crippen LogP contribution >= 0.6 is 0 Å². The lowest BCUT2D eigenvalue weighted by Gasteiger charge is -2.37. The standard InChI is InChI=1S/C12H19NO3/c1-8-6-7-9(16-8)10(14)13-11(2,3)12(4,5)15/h6-7,15H,1-5H3,(H,13,14). The molecule has 0 aromatic carbocycles. The van der Waals surface area contributed by atoms with Crippen LogP contribution in [0.5, 0.6) is 0 Å². The Labute approximate surface area is 95.7 Å². The Morgan fingerprint density at radius 3 is 2.25 bits per heavy atom. The normalized spacial score (nSPS) is 12.6. The first-order chi connectivity index (χ1) is 7.13. The predicted molar refractivity (Wildman–Crippen MR) is 61.3 cm³/mol. The van der Waals surface area contributed by atoms with E-state index in [1.54, 1.807) is 46.8 Å². The highest BCUT2D eigenvalue weighted by molar-refractivity contribution is 5.92. The van der Waals surface area contributed by atoms with E-state index in [0.29, 0.717) is 5.76 Å². The first kappa shape index (κ1) is 12.8. The predicted octanol–water partition coefficient (Wildman–Crippen LogP) is 1.87. The Balaban J connectivity index is 2.79. The molecule has 0 atom stereocenters. The Morgan fingerprint density at radius 1 is 1.31 bits per heavy atom. The van der Waals surface area contributed by atoms with Crippen LogP contribution in [-0.4, -0.2) is 22.2 Å². The molecule has 1 heterocycles. The SMILES string of the molecule is Cc1ccc(C(=O)NC(C)(C)C(C)(C)O)o1. The second kappa shape index (κ2) is 3.94. The Morgan fingerprint density at radius 2 is 1.88 bits per heavy atom. The molecule has 0 aliphatic heterocycles. The molecule has 1 aromatic rings. The van der Waals surface area contributed by atoms with Crippen molar-refractivity contribution < 1.29 is 14.3 Å². The second-order valence-corrected chi connectivity index (χ2v) is 5.05. The molecule has 0 saturated heterocycles. The molecule has 1 rings (SSSR count). The van der Waals surface area contributed by atoms with Crippen LogP contribution in [0.1, 0.15) is 44.0 Å². The fraction of sp³-hybridized carbons (Fsp3) is 0.583. The zero-order chi connectivity index (χ0) is 12.6. The minimum absolute atomic E-state index is 0.259. The van der Waals surface area contributed by atoms with Crippen molar-refractivity contribution in [3.63, 3.8) is 0 Å². The zero-order valence-electron chi connectivity index (χ0n) is 10.4. The molecule has 2 N–H and O–H groups in total. The van der Waals surface area contributed by atoms with E-state index in [4.69, 9.17) is 4.42 Å². The van der Waals surface area contributed by atoms with Crippen molar-refractivity contribution in [1.29, 1.82) is 0 Å². The summed E-state index contributed by atoms with van der Waals surface area (Å²) in [5, 5.41) is 12.6. The number of amides is 1. The number of carbonyl (C=O) groups excluding carboxylic acids is 1. The van der Waals surface area contributed by atoms with Gasteiger partial charge in [0.05, 0.1) is 11.1 Å². The highest BCUT2D eigenvalue weighted by Crippen LogP contribution is 2.21. The largest absolute Gasteiger partial charge is 0.456 e. The smallest absolute Gasteiger partial charge is 0.287 e. The number of hydrogen-bond donors (Lipinski definition) is 2. The zero-order valence-corrected chi connectivity index (χ0v) is 10.4. The molecule has 0 fully saturated rings. The molecule has 4 nitrogen and oxygen atoms in total. The first-order valence-corrected chi connectivity index (χ1v) is 5.25. The summed E-state index contributed by atoms with van der Waals surface area (Å²) in [6.07, 6.45) is 0. The molecular weight excluding hydrogens is 206 g/mol. The molecule has 0 saturated carbocycles. The van der Waals surface area contributed by atoms with Gasteiger partial charge in [0.1, 0.15) is 5.76 Å². The van der Waals surface area contributed by atoms with E-state index in [0.717, 1.165) is 0 Å². The summed E-state index contributed by atoms with van der Waals surface area (Å²) in [6.45, 7) is 8.61. The fourth-order valence-corrected chi connectivity index (χ4v) is 1.05. The summed E-state index contributed by atoms with van der Waals surface area (Å²) in [4.78, 5) is 11.8. The Bertz CT molecular complexity index is 385. The van der Waals surface area contributed by atoms with Crippen molar-refractivity contribution in [1.82, 2.24) is 5.32 Å². The lowest BCUT2D eigenvalue weighted by molar-refractivity contribution is -0.00342. The van der Waals surface area contributed by atoms with Gasteiger partial charge in [-0.05, 0) is 46.8 Å². The van der Waals surface area contributed by atoms with E-state index in [-0.39, 0.29) is 11.7 Å². The van der Waals surface area contributed by atoms with Gasteiger partial charge in [-0.3, -0.25) is 4.79 Å². The van der Waals surface area contributed by atoms with E-state index in [9.17, 15) is 9.90 Å². The van der Waals surface area contributed by atoms with Crippen LogP contribution in [0.15, 0.2) is 16.5 Å². The van der Waals surface area contributed by atoms with Crippen LogP contribution in [0.4, 0.5) is 0 Å². The van der Waals surface area contributed by atoms with Gasteiger partial charge in [-0.2, -0.15) is 0 Å². The number of rotatable bonds is 3. The summed E-state index contributed by atoms with van der Waals surface area (Å²) in [6, 6.07) is 3.34. The quantitative estimate of drug-likeness (QED) is 0.825. The maximum atomic E-state index is 11.8. The van der Waals surface area contributed by atoms with Crippen LogP contribution in [0.3, 0.4) is 0 Å². The van der Waals surface area contributed by atoms with Gasteiger partial charge in [0.25, 0.3) is 5.91 Å². The fourth-order valence-electron chi connectivity index (χ4n) is 1.05. The molecule has 0 radical (unpaired) electrons. The summed E-state index contributed by atoms with van der Waals surface area (Å²) >= 11 is 0. The van der Waals surface area contributed by atoms with Crippen molar-refractivity contribution >= 4 is 5.91 Å². The van der Waals surface area contributed by atoms with Crippen LogP contribution in [0.25, 0.3) is 0 Å². The summed E-state index contributed by atoms with van der Waals surface area (Å²) in [5.41, 5.74) is -1.74. The molecule has 90 valence electrons. The first-order valence-electron chi connectivity index (χ1n) is 5.25. The maximum absolute atomic E-state index is 11.8. The van der Waals surface area contributed by atoms with Crippen molar-refractivity contribution in [3.05, 3.63) is 23.7 Å². The summed E-state index contributed by atoms with van der Waals surface area (Å²) in [7, 11) is 0. The van der Waals surface area contributed by atoms with Gasteiger partial charge in [0.2, 0.25) is 0 Å². The van der Waals surface area contributed by atoms with E-state index in [1.165, 1.54) is 0 Å². The Kier molecular flexibility index (Phi) is 3.15. The van der Waals surface area contributed by atoms with Gasteiger partial charge in [0, 0.05) is 0 Å². The van der Waals surface area contributed by atoms with Gasteiger partial charge in [-0.1, -0.05) is 0 Å². The highest BCUT2D eigenvalue weighted by atomic mass is 16.3. The minimum Gasteiger partial charge on any atom is -0.456 e. The van der Waals surface area contributed by atoms with Crippen LogP contribution < -0.4 is 5.32 Å². The van der Waals surface area contributed by atoms with Crippen LogP contribution in [0.2, 0.25) is 0 Å². The number of carbonyl (C=O) groups is 1. The van der Waals surface area contributed by atoms with Gasteiger partial charge >= 0.3 is 0 Å². The summed E-state index contributed by atoms with van der Waals surface area (Å²) in [5.74, 6) is 0.626. The average molecular weight is 225 g/mol. The van der Waals surface area contributed by atoms with Gasteiger partial charge in [-0.15, -0.1) is 0 Å². The van der Waals surface area contributed by atoms with Crippen molar-refractivity contribution in [2.24, 2.45) is 0 Å². The van der Waals surface area contributed by atoms with E-state index in [1.807, 2.05) is 0 Å². The van der Waals surface area contributed by atoms with E-state index in [2.05, 4.69) is 5.32 Å². The molecule has 1 amide bonds. The summed E-state index contributed by atoms with van der Waals surface area (Å²) < 4.78 is 5.21. The van der Waals surface area contributed by atoms with E-state index >= 15 is 0 Å². The maximum Gasteiger partial charge on any atom is 0.287 e. The average Bonchev–Trinajstić information content (AvgIpc) is 2.48. The molecule has 0 unspecified atom stereocenters. The lowest BCUT2D eigenvalue weighted by atomic mass is 9.86. The number of aryl methyl sites for hydroxylation is 1.